The number of amides is 1. The number of ether oxygens (including phenoxy) is 2. The number of nitrogens with zero attached hydrogens (tertiary/aromatic N) is 2. The highest BCUT2D eigenvalue weighted by molar-refractivity contribution is 5.78. The van der Waals surface area contributed by atoms with Crippen LogP contribution in [0, 0.1) is 0 Å². The minimum absolute atomic E-state index is 0.00121. The summed E-state index contributed by atoms with van der Waals surface area (Å²) in [6.07, 6.45) is 0.171. The van der Waals surface area contributed by atoms with Gasteiger partial charge in [0.15, 0.2) is 0 Å². The molecule has 0 aliphatic carbocycles. The molecule has 0 bridgehead atoms. The molecular weight excluding hydrogens is 246 g/mol. The zero-order chi connectivity index (χ0) is 13.8. The Balaban J connectivity index is 1.81. The lowest BCUT2D eigenvalue weighted by Crippen LogP contribution is -2.53. The largest absolute Gasteiger partial charge is 0.375 e. The number of hydrogen-bond donors (Lipinski definition) is 1. The topological polar surface area (TPSA) is 68.0 Å². The average Bonchev–Trinajstić information content (AvgIpc) is 2.39. The van der Waals surface area contributed by atoms with E-state index in [-0.39, 0.29) is 24.2 Å². The normalized spacial score (nSPS) is 31.2. The van der Waals surface area contributed by atoms with Gasteiger partial charge in [-0.2, -0.15) is 0 Å². The van der Waals surface area contributed by atoms with Crippen molar-refractivity contribution in [3.8, 4) is 0 Å². The molecule has 6 nitrogen and oxygen atoms in total. The molecule has 2 fully saturated rings. The highest BCUT2D eigenvalue weighted by Crippen LogP contribution is 2.10. The molecule has 19 heavy (non-hydrogen) atoms. The first kappa shape index (κ1) is 14.7. The molecule has 2 aliphatic rings. The molecule has 0 aromatic carbocycles. The maximum absolute atomic E-state index is 12.2. The average molecular weight is 271 g/mol. The van der Waals surface area contributed by atoms with Gasteiger partial charge in [0.2, 0.25) is 5.91 Å². The number of hydrogen-bond acceptors (Lipinski definition) is 5. The molecule has 0 saturated carbocycles. The fourth-order valence-corrected chi connectivity index (χ4v) is 2.53. The molecule has 110 valence electrons. The Hall–Kier alpha value is -0.690. The lowest BCUT2D eigenvalue weighted by molar-refractivity contribution is -0.141. The summed E-state index contributed by atoms with van der Waals surface area (Å²) in [6.45, 7) is 8.62. The molecule has 2 saturated heterocycles. The van der Waals surface area contributed by atoms with Crippen LogP contribution in [-0.2, 0) is 14.3 Å². The molecular formula is C13H25N3O3. The summed E-state index contributed by atoms with van der Waals surface area (Å²) in [5.41, 5.74) is 5.86. The van der Waals surface area contributed by atoms with Crippen molar-refractivity contribution >= 4 is 5.91 Å². The summed E-state index contributed by atoms with van der Waals surface area (Å²) < 4.78 is 11.1. The van der Waals surface area contributed by atoms with Crippen molar-refractivity contribution in [2.45, 2.75) is 32.1 Å². The number of carbonyl (C=O) groups excluding carboxylic acids is 1. The van der Waals surface area contributed by atoms with Crippen LogP contribution >= 0.6 is 0 Å². The Morgan fingerprint density at radius 1 is 1.32 bits per heavy atom. The fraction of sp³-hybridized carbons (Fsp3) is 0.923. The van der Waals surface area contributed by atoms with Crippen LogP contribution in [0.25, 0.3) is 0 Å². The number of morpholine rings is 2. The second-order valence-corrected chi connectivity index (χ2v) is 5.52. The van der Waals surface area contributed by atoms with E-state index in [0.717, 1.165) is 13.1 Å². The molecule has 3 unspecified atom stereocenters. The van der Waals surface area contributed by atoms with Crippen molar-refractivity contribution in [3.63, 3.8) is 0 Å². The van der Waals surface area contributed by atoms with E-state index in [2.05, 4.69) is 4.90 Å². The monoisotopic (exact) mass is 271 g/mol. The van der Waals surface area contributed by atoms with Gasteiger partial charge in [-0.25, -0.2) is 0 Å². The first-order valence-corrected chi connectivity index (χ1v) is 7.05. The van der Waals surface area contributed by atoms with E-state index >= 15 is 0 Å². The number of nitrogens with two attached hydrogens (primary N) is 1. The van der Waals surface area contributed by atoms with Crippen LogP contribution in [0.4, 0.5) is 0 Å². The standard InChI is InChI=1S/C13H25N3O3/c1-10-7-16(4-6-18-10)13(17)9-15-3-5-19-12(8-15)11(2)14/h10-12H,3-9,14H2,1-2H3. The second kappa shape index (κ2) is 6.65. The lowest BCUT2D eigenvalue weighted by atomic mass is 10.1. The van der Waals surface area contributed by atoms with Gasteiger partial charge in [-0.15, -0.1) is 0 Å². The van der Waals surface area contributed by atoms with Gasteiger partial charge in [0.1, 0.15) is 0 Å². The van der Waals surface area contributed by atoms with E-state index in [1.807, 2.05) is 18.7 Å². The molecule has 0 aromatic rings. The molecule has 6 heteroatoms. The quantitative estimate of drug-likeness (QED) is 0.734. The summed E-state index contributed by atoms with van der Waals surface area (Å²) in [6, 6.07) is 0.00121. The molecule has 2 aliphatic heterocycles. The van der Waals surface area contributed by atoms with Crippen LogP contribution in [0.1, 0.15) is 13.8 Å². The Morgan fingerprint density at radius 3 is 2.74 bits per heavy atom. The summed E-state index contributed by atoms with van der Waals surface area (Å²) in [5.74, 6) is 0.181. The van der Waals surface area contributed by atoms with Gasteiger partial charge in [0, 0.05) is 32.2 Å². The van der Waals surface area contributed by atoms with E-state index in [1.165, 1.54) is 0 Å². The van der Waals surface area contributed by atoms with Crippen molar-refractivity contribution in [1.82, 2.24) is 9.80 Å². The van der Waals surface area contributed by atoms with Crippen LogP contribution in [-0.4, -0.2) is 79.9 Å². The third-order valence-corrected chi connectivity index (χ3v) is 3.72. The van der Waals surface area contributed by atoms with Gasteiger partial charge in [-0.1, -0.05) is 0 Å². The van der Waals surface area contributed by atoms with Crippen molar-refractivity contribution < 1.29 is 14.3 Å². The minimum atomic E-state index is 0.00121. The summed E-state index contributed by atoms with van der Waals surface area (Å²) in [5, 5.41) is 0. The van der Waals surface area contributed by atoms with Crippen LogP contribution < -0.4 is 5.73 Å². The van der Waals surface area contributed by atoms with E-state index in [1.54, 1.807) is 0 Å². The molecule has 0 spiro atoms. The first-order valence-electron chi connectivity index (χ1n) is 7.05. The van der Waals surface area contributed by atoms with Crippen LogP contribution in [0.15, 0.2) is 0 Å². The lowest BCUT2D eigenvalue weighted by Gasteiger charge is -2.37. The van der Waals surface area contributed by atoms with Gasteiger partial charge in [0.25, 0.3) is 0 Å². The molecule has 2 heterocycles. The van der Waals surface area contributed by atoms with Crippen molar-refractivity contribution in [2.24, 2.45) is 5.73 Å². The van der Waals surface area contributed by atoms with Crippen LogP contribution in [0.2, 0.25) is 0 Å². The Kier molecular flexibility index (Phi) is 5.15. The van der Waals surface area contributed by atoms with Gasteiger partial charge < -0.3 is 20.1 Å². The Bertz CT molecular complexity index is 312. The third kappa shape index (κ3) is 4.14. The Labute approximate surface area is 114 Å². The molecule has 1 amide bonds. The van der Waals surface area contributed by atoms with Crippen LogP contribution in [0.3, 0.4) is 0 Å². The number of carbonyl (C=O) groups is 1. The van der Waals surface area contributed by atoms with Gasteiger partial charge in [-0.3, -0.25) is 9.69 Å². The molecule has 2 rings (SSSR count). The Morgan fingerprint density at radius 2 is 2.05 bits per heavy atom. The van der Waals surface area contributed by atoms with E-state index in [0.29, 0.717) is 32.8 Å². The number of rotatable bonds is 3. The highest BCUT2D eigenvalue weighted by atomic mass is 16.5. The van der Waals surface area contributed by atoms with Gasteiger partial charge in [-0.05, 0) is 13.8 Å². The van der Waals surface area contributed by atoms with Crippen molar-refractivity contribution in [2.75, 3.05) is 45.9 Å². The molecule has 2 N–H and O–H groups in total. The summed E-state index contributed by atoms with van der Waals surface area (Å²) in [7, 11) is 0. The van der Waals surface area contributed by atoms with Crippen LogP contribution in [0.5, 0.6) is 0 Å². The van der Waals surface area contributed by atoms with Gasteiger partial charge in [0.05, 0.1) is 32.0 Å². The zero-order valence-electron chi connectivity index (χ0n) is 11.9. The maximum atomic E-state index is 12.2. The van der Waals surface area contributed by atoms with Crippen molar-refractivity contribution in [1.29, 1.82) is 0 Å². The smallest absolute Gasteiger partial charge is 0.236 e. The van der Waals surface area contributed by atoms with E-state index in [9.17, 15) is 4.79 Å². The molecule has 3 atom stereocenters. The first-order chi connectivity index (χ1) is 9.06. The van der Waals surface area contributed by atoms with Gasteiger partial charge >= 0.3 is 0 Å². The predicted octanol–water partition coefficient (Wildman–Crippen LogP) is -0.718. The SMILES string of the molecule is CC1CN(C(=O)CN2CCOC(C(C)N)C2)CCO1. The summed E-state index contributed by atoms with van der Waals surface area (Å²) in [4.78, 5) is 16.3. The molecule has 0 aromatic heterocycles. The van der Waals surface area contributed by atoms with E-state index in [4.69, 9.17) is 15.2 Å². The fourth-order valence-electron chi connectivity index (χ4n) is 2.53. The predicted molar refractivity (Wildman–Crippen MR) is 71.8 cm³/mol. The third-order valence-electron chi connectivity index (χ3n) is 3.72. The maximum Gasteiger partial charge on any atom is 0.236 e. The summed E-state index contributed by atoms with van der Waals surface area (Å²) >= 11 is 0. The van der Waals surface area contributed by atoms with Crippen molar-refractivity contribution in [3.05, 3.63) is 0 Å². The molecule has 0 radical (unpaired) electrons. The van der Waals surface area contributed by atoms with E-state index < -0.39 is 0 Å². The zero-order valence-corrected chi connectivity index (χ0v) is 11.9. The highest BCUT2D eigenvalue weighted by Gasteiger charge is 2.27. The second-order valence-electron chi connectivity index (χ2n) is 5.52. The minimum Gasteiger partial charge on any atom is -0.375 e.